The second-order valence-corrected chi connectivity index (χ2v) is 7.65. The molecule has 0 atom stereocenters. The zero-order valence-corrected chi connectivity index (χ0v) is 21.3. The lowest BCUT2D eigenvalue weighted by atomic mass is 10.5. The Kier molecular flexibility index (Phi) is 17.3. The highest BCUT2D eigenvalue weighted by Gasteiger charge is 2.22. The Morgan fingerprint density at radius 2 is 1.08 bits per heavy atom. The molecule has 0 fully saturated rings. The molecule has 0 saturated carbocycles. The lowest BCUT2D eigenvalue weighted by Crippen LogP contribution is -2.33. The molecule has 2 N–H and O–H groups in total. The number of ether oxygens (including phenoxy) is 7. The second-order valence-electron chi connectivity index (χ2n) is 7.65. The first kappa shape index (κ1) is 30.9. The SMILES string of the molecule is NCCOCCOCCOCCn1cc(COCCOCCOCCOCCN2C(=O)C=CC2=O)nn1. The molecule has 0 radical (unpaired) electrons. The van der Waals surface area contributed by atoms with Gasteiger partial charge >= 0.3 is 0 Å². The summed E-state index contributed by atoms with van der Waals surface area (Å²) in [5.74, 6) is -0.615. The van der Waals surface area contributed by atoms with Gasteiger partial charge in [-0.3, -0.25) is 14.5 Å². The van der Waals surface area contributed by atoms with E-state index < -0.39 is 0 Å². The summed E-state index contributed by atoms with van der Waals surface area (Å²) in [5.41, 5.74) is 6.06. The van der Waals surface area contributed by atoms with Crippen molar-refractivity contribution in [1.29, 1.82) is 0 Å². The van der Waals surface area contributed by atoms with Crippen molar-refractivity contribution in [3.8, 4) is 0 Å². The summed E-state index contributed by atoms with van der Waals surface area (Å²) in [7, 11) is 0. The van der Waals surface area contributed by atoms with Gasteiger partial charge in [0.1, 0.15) is 5.69 Å². The maximum Gasteiger partial charge on any atom is 0.253 e. The number of nitrogens with two attached hydrogens (primary N) is 1. The molecule has 1 aliphatic rings. The minimum Gasteiger partial charge on any atom is -0.378 e. The number of amides is 2. The van der Waals surface area contributed by atoms with Crippen molar-refractivity contribution in [2.75, 3.05) is 99.0 Å². The summed E-state index contributed by atoms with van der Waals surface area (Å²) in [6.07, 6.45) is 4.33. The van der Waals surface area contributed by atoms with Gasteiger partial charge in [-0.2, -0.15) is 0 Å². The average Bonchev–Trinajstić information content (AvgIpc) is 3.48. The van der Waals surface area contributed by atoms with E-state index in [0.29, 0.717) is 99.0 Å². The van der Waals surface area contributed by atoms with E-state index in [1.165, 1.54) is 12.2 Å². The van der Waals surface area contributed by atoms with Gasteiger partial charge in [0.25, 0.3) is 11.8 Å². The van der Waals surface area contributed by atoms with Gasteiger partial charge in [0.2, 0.25) is 0 Å². The number of rotatable bonds is 25. The van der Waals surface area contributed by atoms with Crippen LogP contribution in [-0.2, 0) is 55.9 Å². The molecule has 1 aromatic rings. The van der Waals surface area contributed by atoms with Crippen LogP contribution in [-0.4, -0.2) is 131 Å². The Labute approximate surface area is 216 Å². The van der Waals surface area contributed by atoms with Crippen molar-refractivity contribution in [3.63, 3.8) is 0 Å². The van der Waals surface area contributed by atoms with Crippen molar-refractivity contribution in [3.05, 3.63) is 24.0 Å². The summed E-state index contributed by atoms with van der Waals surface area (Å²) in [6, 6.07) is 0. The predicted octanol–water partition coefficient (Wildman–Crippen LogP) is -1.22. The Bertz CT molecular complexity index is 760. The van der Waals surface area contributed by atoms with Gasteiger partial charge in [0.15, 0.2) is 0 Å². The van der Waals surface area contributed by atoms with Gasteiger partial charge in [0, 0.05) is 18.7 Å². The molecule has 14 nitrogen and oxygen atoms in total. The van der Waals surface area contributed by atoms with Crippen LogP contribution in [0.1, 0.15) is 5.69 Å². The van der Waals surface area contributed by atoms with Gasteiger partial charge in [0.05, 0.1) is 112 Å². The first-order valence-corrected chi connectivity index (χ1v) is 12.4. The van der Waals surface area contributed by atoms with Crippen LogP contribution in [0, 0.1) is 0 Å². The highest BCUT2D eigenvalue weighted by Crippen LogP contribution is 2.02. The van der Waals surface area contributed by atoms with Crippen LogP contribution < -0.4 is 5.73 Å². The first-order valence-electron chi connectivity index (χ1n) is 12.4. The molecule has 1 aromatic heterocycles. The molecular weight excluding hydrogens is 490 g/mol. The molecule has 0 saturated heterocycles. The fourth-order valence-corrected chi connectivity index (χ4v) is 2.94. The molecule has 2 rings (SSSR count). The molecule has 0 aromatic carbocycles. The summed E-state index contributed by atoms with van der Waals surface area (Å²) in [4.78, 5) is 23.9. The molecule has 210 valence electrons. The van der Waals surface area contributed by atoms with Crippen LogP contribution in [0.2, 0.25) is 0 Å². The Morgan fingerprint density at radius 1 is 0.622 bits per heavy atom. The van der Waals surface area contributed by atoms with E-state index in [-0.39, 0.29) is 25.0 Å². The van der Waals surface area contributed by atoms with E-state index >= 15 is 0 Å². The molecule has 1 aliphatic heterocycles. The highest BCUT2D eigenvalue weighted by atomic mass is 16.6. The van der Waals surface area contributed by atoms with E-state index in [1.807, 2.05) is 6.20 Å². The van der Waals surface area contributed by atoms with Crippen molar-refractivity contribution in [2.45, 2.75) is 13.2 Å². The number of hydrogen-bond donors (Lipinski definition) is 1. The molecule has 0 unspecified atom stereocenters. The van der Waals surface area contributed by atoms with Crippen molar-refractivity contribution in [2.24, 2.45) is 5.73 Å². The van der Waals surface area contributed by atoms with E-state index in [9.17, 15) is 9.59 Å². The fraction of sp³-hybridized carbons (Fsp3) is 0.739. The van der Waals surface area contributed by atoms with Gasteiger partial charge in [-0.05, 0) is 0 Å². The monoisotopic (exact) mass is 529 g/mol. The molecule has 37 heavy (non-hydrogen) atoms. The minimum absolute atomic E-state index is 0.238. The number of carbonyl (C=O) groups excluding carboxylic acids is 2. The third-order valence-electron chi connectivity index (χ3n) is 4.78. The smallest absolute Gasteiger partial charge is 0.253 e. The van der Waals surface area contributed by atoms with E-state index in [1.54, 1.807) is 4.68 Å². The molecule has 0 bridgehead atoms. The van der Waals surface area contributed by atoms with Crippen molar-refractivity contribution >= 4 is 11.8 Å². The Morgan fingerprint density at radius 3 is 1.62 bits per heavy atom. The third-order valence-corrected chi connectivity index (χ3v) is 4.78. The van der Waals surface area contributed by atoms with Crippen LogP contribution in [0.4, 0.5) is 0 Å². The third kappa shape index (κ3) is 14.9. The quantitative estimate of drug-likeness (QED) is 0.119. The summed E-state index contributed by atoms with van der Waals surface area (Å²) in [6.45, 7) is 7.62. The van der Waals surface area contributed by atoms with E-state index in [2.05, 4.69) is 10.3 Å². The first-order chi connectivity index (χ1) is 18.2. The fourth-order valence-electron chi connectivity index (χ4n) is 2.94. The number of hydrogen-bond acceptors (Lipinski definition) is 12. The number of carbonyl (C=O) groups is 2. The van der Waals surface area contributed by atoms with Gasteiger partial charge < -0.3 is 38.9 Å². The van der Waals surface area contributed by atoms with Crippen molar-refractivity contribution in [1.82, 2.24) is 19.9 Å². The van der Waals surface area contributed by atoms with Crippen molar-refractivity contribution < 1.29 is 42.7 Å². The maximum atomic E-state index is 11.4. The number of aromatic nitrogens is 3. The second kappa shape index (κ2) is 20.7. The maximum absolute atomic E-state index is 11.4. The highest BCUT2D eigenvalue weighted by molar-refractivity contribution is 6.12. The lowest BCUT2D eigenvalue weighted by molar-refractivity contribution is -0.137. The molecule has 0 spiro atoms. The topological polar surface area (TPSA) is 159 Å². The standard InChI is InChI=1S/C23H39N5O9/c24-3-6-31-9-12-34-13-10-32-7-4-27-19-21(25-26-27)20-37-18-17-36-16-15-35-14-11-33-8-5-28-22(29)1-2-23(28)30/h1-2,19H,3-18,20,24H2. The van der Waals surface area contributed by atoms with E-state index in [0.717, 1.165) is 10.6 Å². The number of imide groups is 1. The van der Waals surface area contributed by atoms with Crippen LogP contribution in [0.5, 0.6) is 0 Å². The molecule has 0 aliphatic carbocycles. The van der Waals surface area contributed by atoms with Gasteiger partial charge in [-0.1, -0.05) is 5.21 Å². The average molecular weight is 530 g/mol. The van der Waals surface area contributed by atoms with Crippen LogP contribution >= 0.6 is 0 Å². The largest absolute Gasteiger partial charge is 0.378 e. The normalized spacial score (nSPS) is 13.4. The molecular formula is C23H39N5O9. The van der Waals surface area contributed by atoms with Gasteiger partial charge in [-0.15, -0.1) is 5.10 Å². The molecule has 2 amide bonds. The lowest BCUT2D eigenvalue weighted by Gasteiger charge is -2.13. The molecule has 14 heteroatoms. The predicted molar refractivity (Wildman–Crippen MR) is 130 cm³/mol. The zero-order valence-electron chi connectivity index (χ0n) is 21.3. The molecule has 2 heterocycles. The van der Waals surface area contributed by atoms with Crippen LogP contribution in [0.3, 0.4) is 0 Å². The van der Waals surface area contributed by atoms with Gasteiger partial charge in [-0.25, -0.2) is 4.68 Å². The van der Waals surface area contributed by atoms with Crippen LogP contribution in [0.25, 0.3) is 0 Å². The summed E-state index contributed by atoms with van der Waals surface area (Å²) >= 11 is 0. The zero-order chi connectivity index (χ0) is 26.4. The summed E-state index contributed by atoms with van der Waals surface area (Å²) < 4.78 is 39.6. The Balaban J connectivity index is 1.31. The minimum atomic E-state index is -0.308. The summed E-state index contributed by atoms with van der Waals surface area (Å²) in [5, 5.41) is 8.12. The Hall–Kier alpha value is -2.30. The van der Waals surface area contributed by atoms with E-state index in [4.69, 9.17) is 38.9 Å². The van der Waals surface area contributed by atoms with Crippen LogP contribution in [0.15, 0.2) is 18.3 Å². The number of nitrogens with zero attached hydrogens (tertiary/aromatic N) is 4.